The quantitative estimate of drug-likeness (QED) is 0.808. The Morgan fingerprint density at radius 1 is 1.38 bits per heavy atom. The van der Waals surface area contributed by atoms with Crippen LogP contribution in [0.2, 0.25) is 0 Å². The van der Waals surface area contributed by atoms with Gasteiger partial charge in [0.05, 0.1) is 13.5 Å². The summed E-state index contributed by atoms with van der Waals surface area (Å²) in [4.78, 5) is 23.3. The van der Waals surface area contributed by atoms with Crippen molar-refractivity contribution in [1.82, 2.24) is 5.32 Å². The average Bonchev–Trinajstić information content (AvgIpc) is 2.44. The van der Waals surface area contributed by atoms with Gasteiger partial charge in [0, 0.05) is 5.56 Å². The molecule has 0 aromatic heterocycles. The zero-order valence-corrected chi connectivity index (χ0v) is 13.0. The third kappa shape index (κ3) is 4.77. The molecule has 0 bridgehead atoms. The number of carboxylic acid groups (broad SMARTS) is 1. The van der Waals surface area contributed by atoms with E-state index in [4.69, 9.17) is 4.74 Å². The molecule has 5 heteroatoms. The van der Waals surface area contributed by atoms with Crippen molar-refractivity contribution in [3.63, 3.8) is 0 Å². The SMILES string of the molecule is CCC(C)C(NC(=O)Cc1cc(C)ccc1OC)C(=O)O. The predicted octanol–water partition coefficient (Wildman–Crippen LogP) is 2.16. The molecule has 0 aliphatic carbocycles. The highest BCUT2D eigenvalue weighted by atomic mass is 16.5. The summed E-state index contributed by atoms with van der Waals surface area (Å²) in [6.07, 6.45) is 0.788. The number of benzene rings is 1. The van der Waals surface area contributed by atoms with Crippen molar-refractivity contribution < 1.29 is 19.4 Å². The van der Waals surface area contributed by atoms with Crippen molar-refractivity contribution in [2.24, 2.45) is 5.92 Å². The van der Waals surface area contributed by atoms with E-state index in [1.54, 1.807) is 13.2 Å². The number of ether oxygens (including phenoxy) is 1. The van der Waals surface area contributed by atoms with Crippen LogP contribution < -0.4 is 10.1 Å². The lowest BCUT2D eigenvalue weighted by atomic mass is 9.98. The number of methoxy groups -OCH3 is 1. The molecule has 0 aliphatic heterocycles. The summed E-state index contributed by atoms with van der Waals surface area (Å²) < 4.78 is 5.23. The number of rotatable bonds is 7. The van der Waals surface area contributed by atoms with Gasteiger partial charge in [-0.3, -0.25) is 4.79 Å². The molecule has 1 rings (SSSR count). The van der Waals surface area contributed by atoms with E-state index < -0.39 is 12.0 Å². The predicted molar refractivity (Wildman–Crippen MR) is 80.5 cm³/mol. The van der Waals surface area contributed by atoms with Gasteiger partial charge in [0.15, 0.2) is 0 Å². The van der Waals surface area contributed by atoms with Gasteiger partial charge < -0.3 is 15.2 Å². The van der Waals surface area contributed by atoms with Crippen LogP contribution in [-0.4, -0.2) is 30.1 Å². The van der Waals surface area contributed by atoms with E-state index in [2.05, 4.69) is 5.32 Å². The number of carboxylic acids is 1. The van der Waals surface area contributed by atoms with Gasteiger partial charge in [-0.2, -0.15) is 0 Å². The lowest BCUT2D eigenvalue weighted by Crippen LogP contribution is -2.45. The van der Waals surface area contributed by atoms with Crippen molar-refractivity contribution >= 4 is 11.9 Å². The zero-order chi connectivity index (χ0) is 16.0. The molecule has 0 saturated carbocycles. The molecule has 0 spiro atoms. The smallest absolute Gasteiger partial charge is 0.326 e. The minimum Gasteiger partial charge on any atom is -0.496 e. The number of nitrogens with one attached hydrogen (secondary N) is 1. The second-order valence-electron chi connectivity index (χ2n) is 5.26. The summed E-state index contributed by atoms with van der Waals surface area (Å²) in [5.41, 5.74) is 1.78. The van der Waals surface area contributed by atoms with Gasteiger partial charge in [-0.25, -0.2) is 4.79 Å². The number of hydrogen-bond acceptors (Lipinski definition) is 3. The van der Waals surface area contributed by atoms with Crippen LogP contribution in [0.1, 0.15) is 31.4 Å². The van der Waals surface area contributed by atoms with Crippen LogP contribution in [-0.2, 0) is 16.0 Å². The molecular weight excluding hydrogens is 270 g/mol. The molecule has 1 amide bonds. The minimum absolute atomic E-state index is 0.102. The lowest BCUT2D eigenvalue weighted by Gasteiger charge is -2.20. The monoisotopic (exact) mass is 293 g/mol. The van der Waals surface area contributed by atoms with Crippen LogP contribution in [0, 0.1) is 12.8 Å². The van der Waals surface area contributed by atoms with Gasteiger partial charge in [0.1, 0.15) is 11.8 Å². The van der Waals surface area contributed by atoms with Gasteiger partial charge in [-0.1, -0.05) is 38.0 Å². The van der Waals surface area contributed by atoms with E-state index >= 15 is 0 Å². The van der Waals surface area contributed by atoms with E-state index in [1.165, 1.54) is 0 Å². The van der Waals surface area contributed by atoms with Crippen LogP contribution in [0.15, 0.2) is 18.2 Å². The largest absolute Gasteiger partial charge is 0.496 e. The summed E-state index contributed by atoms with van der Waals surface area (Å²) in [5, 5.41) is 11.8. The fraction of sp³-hybridized carbons (Fsp3) is 0.500. The van der Waals surface area contributed by atoms with Crippen molar-refractivity contribution in [3.8, 4) is 5.75 Å². The first-order valence-electron chi connectivity index (χ1n) is 7.04. The zero-order valence-electron chi connectivity index (χ0n) is 13.0. The molecule has 2 atom stereocenters. The molecule has 0 saturated heterocycles. The number of aryl methyl sites for hydroxylation is 1. The molecule has 5 nitrogen and oxygen atoms in total. The lowest BCUT2D eigenvalue weighted by molar-refractivity contribution is -0.143. The van der Waals surface area contributed by atoms with Gasteiger partial charge in [0.25, 0.3) is 0 Å². The van der Waals surface area contributed by atoms with Gasteiger partial charge >= 0.3 is 5.97 Å². The van der Waals surface area contributed by atoms with Crippen LogP contribution in [0.25, 0.3) is 0 Å². The first-order chi connectivity index (χ1) is 9.88. The van der Waals surface area contributed by atoms with Crippen molar-refractivity contribution in [2.45, 2.75) is 39.7 Å². The summed E-state index contributed by atoms with van der Waals surface area (Å²) in [6.45, 7) is 5.64. The fourth-order valence-corrected chi connectivity index (χ4v) is 2.13. The molecule has 2 unspecified atom stereocenters. The third-order valence-corrected chi connectivity index (χ3v) is 3.58. The highest BCUT2D eigenvalue weighted by Gasteiger charge is 2.25. The Morgan fingerprint density at radius 3 is 2.57 bits per heavy atom. The van der Waals surface area contributed by atoms with Crippen LogP contribution in [0.5, 0.6) is 5.75 Å². The van der Waals surface area contributed by atoms with Crippen molar-refractivity contribution in [3.05, 3.63) is 29.3 Å². The highest BCUT2D eigenvalue weighted by Crippen LogP contribution is 2.20. The average molecular weight is 293 g/mol. The molecule has 0 radical (unpaired) electrons. The van der Waals surface area contributed by atoms with Crippen molar-refractivity contribution in [1.29, 1.82) is 0 Å². The Balaban J connectivity index is 2.81. The Labute approximate surface area is 125 Å². The summed E-state index contributed by atoms with van der Waals surface area (Å²) in [5.74, 6) is -0.808. The van der Waals surface area contributed by atoms with Crippen LogP contribution >= 0.6 is 0 Å². The summed E-state index contributed by atoms with van der Waals surface area (Å²) in [6, 6.07) is 4.72. The number of aliphatic carboxylic acids is 1. The molecule has 0 fully saturated rings. The van der Waals surface area contributed by atoms with Crippen molar-refractivity contribution in [2.75, 3.05) is 7.11 Å². The second kappa shape index (κ2) is 7.67. The molecule has 116 valence electrons. The Hall–Kier alpha value is -2.04. The fourth-order valence-electron chi connectivity index (χ4n) is 2.13. The van der Waals surface area contributed by atoms with Crippen LogP contribution in [0.3, 0.4) is 0 Å². The Morgan fingerprint density at radius 2 is 2.05 bits per heavy atom. The third-order valence-electron chi connectivity index (χ3n) is 3.58. The molecule has 1 aromatic rings. The minimum atomic E-state index is -1.01. The highest BCUT2D eigenvalue weighted by molar-refractivity contribution is 5.85. The van der Waals surface area contributed by atoms with Crippen LogP contribution in [0.4, 0.5) is 0 Å². The summed E-state index contributed by atoms with van der Waals surface area (Å²) >= 11 is 0. The Kier molecular flexibility index (Phi) is 6.21. The molecule has 0 aliphatic rings. The molecule has 21 heavy (non-hydrogen) atoms. The topological polar surface area (TPSA) is 75.6 Å². The number of carbonyl (C=O) groups is 2. The normalized spacial score (nSPS) is 13.3. The maximum absolute atomic E-state index is 12.1. The maximum atomic E-state index is 12.1. The molecule has 1 aromatic carbocycles. The van der Waals surface area contributed by atoms with E-state index in [0.717, 1.165) is 11.1 Å². The van der Waals surface area contributed by atoms with E-state index in [9.17, 15) is 14.7 Å². The standard InChI is InChI=1S/C16H23NO4/c1-5-11(3)15(16(19)20)17-14(18)9-12-8-10(2)6-7-13(12)21-4/h6-8,11,15H,5,9H2,1-4H3,(H,17,18)(H,19,20). The molecule has 2 N–H and O–H groups in total. The maximum Gasteiger partial charge on any atom is 0.326 e. The van der Waals surface area contributed by atoms with Gasteiger partial charge in [-0.05, 0) is 18.9 Å². The first kappa shape index (κ1) is 17.0. The molecular formula is C16H23NO4. The van der Waals surface area contributed by atoms with Gasteiger partial charge in [0.2, 0.25) is 5.91 Å². The van der Waals surface area contributed by atoms with E-state index in [-0.39, 0.29) is 18.2 Å². The Bertz CT molecular complexity index is 513. The van der Waals surface area contributed by atoms with Gasteiger partial charge in [-0.15, -0.1) is 0 Å². The van der Waals surface area contributed by atoms with E-state index in [0.29, 0.717) is 12.2 Å². The van der Waals surface area contributed by atoms with E-state index in [1.807, 2.05) is 32.9 Å². The number of carbonyl (C=O) groups excluding carboxylic acids is 1. The summed E-state index contributed by atoms with van der Waals surface area (Å²) in [7, 11) is 1.55. The first-order valence-corrected chi connectivity index (χ1v) is 7.04. The number of hydrogen-bond donors (Lipinski definition) is 2. The second-order valence-corrected chi connectivity index (χ2v) is 5.26. The molecule has 0 heterocycles. The number of amides is 1.